The third kappa shape index (κ3) is 3.29. The summed E-state index contributed by atoms with van der Waals surface area (Å²) < 4.78 is 19.3. The number of aromatic carboxylic acids is 1. The maximum absolute atomic E-state index is 13.3. The summed E-state index contributed by atoms with van der Waals surface area (Å²) in [5.41, 5.74) is 0.591. The van der Waals surface area contributed by atoms with Crippen LogP contribution in [0.3, 0.4) is 0 Å². The lowest BCUT2D eigenvalue weighted by atomic mass is 10.2. The summed E-state index contributed by atoms with van der Waals surface area (Å²) >= 11 is 8.82. The third-order valence-corrected chi connectivity index (χ3v) is 3.50. The fourth-order valence-corrected chi connectivity index (χ4v) is 2.21. The SMILES string of the molecule is O=C(O)c1cccc(Br)c1OCc1ccc(Cl)c(F)c1. The van der Waals surface area contributed by atoms with Gasteiger partial charge in [-0.15, -0.1) is 0 Å². The molecule has 20 heavy (non-hydrogen) atoms. The Hall–Kier alpha value is -1.59. The van der Waals surface area contributed by atoms with Crippen molar-refractivity contribution in [2.24, 2.45) is 0 Å². The van der Waals surface area contributed by atoms with Crippen molar-refractivity contribution in [3.63, 3.8) is 0 Å². The molecule has 0 amide bonds. The molecule has 0 aromatic heterocycles. The molecule has 0 radical (unpaired) electrons. The van der Waals surface area contributed by atoms with E-state index >= 15 is 0 Å². The topological polar surface area (TPSA) is 46.5 Å². The van der Waals surface area contributed by atoms with Crippen LogP contribution in [-0.4, -0.2) is 11.1 Å². The van der Waals surface area contributed by atoms with Crippen molar-refractivity contribution in [1.82, 2.24) is 0 Å². The minimum Gasteiger partial charge on any atom is -0.487 e. The summed E-state index contributed by atoms with van der Waals surface area (Å²) in [6, 6.07) is 8.99. The van der Waals surface area contributed by atoms with E-state index in [9.17, 15) is 9.18 Å². The van der Waals surface area contributed by atoms with Gasteiger partial charge in [0.1, 0.15) is 23.7 Å². The summed E-state index contributed by atoms with van der Waals surface area (Å²) in [4.78, 5) is 11.1. The third-order valence-electron chi connectivity index (χ3n) is 2.56. The predicted molar refractivity (Wildman–Crippen MR) is 76.8 cm³/mol. The molecule has 2 aromatic carbocycles. The maximum atomic E-state index is 13.3. The number of para-hydroxylation sites is 1. The summed E-state index contributed by atoms with van der Waals surface area (Å²) in [5.74, 6) is -1.43. The van der Waals surface area contributed by atoms with Crippen LogP contribution < -0.4 is 4.74 Å². The second-order valence-electron chi connectivity index (χ2n) is 3.96. The number of ether oxygens (including phenoxy) is 1. The zero-order valence-corrected chi connectivity index (χ0v) is 12.4. The van der Waals surface area contributed by atoms with Gasteiger partial charge in [0.2, 0.25) is 0 Å². The van der Waals surface area contributed by atoms with E-state index in [2.05, 4.69) is 15.9 Å². The number of hydrogen-bond acceptors (Lipinski definition) is 2. The molecule has 1 N–H and O–H groups in total. The van der Waals surface area contributed by atoms with Crippen molar-refractivity contribution >= 4 is 33.5 Å². The molecule has 104 valence electrons. The molecular formula is C14H9BrClFO3. The maximum Gasteiger partial charge on any atom is 0.339 e. The van der Waals surface area contributed by atoms with Crippen LogP contribution in [0, 0.1) is 5.82 Å². The highest BCUT2D eigenvalue weighted by Gasteiger charge is 2.14. The van der Waals surface area contributed by atoms with E-state index in [1.54, 1.807) is 18.2 Å². The zero-order chi connectivity index (χ0) is 14.7. The zero-order valence-electron chi connectivity index (χ0n) is 10.1. The van der Waals surface area contributed by atoms with Gasteiger partial charge in [-0.25, -0.2) is 9.18 Å². The van der Waals surface area contributed by atoms with E-state index < -0.39 is 11.8 Å². The first-order chi connectivity index (χ1) is 9.49. The number of benzene rings is 2. The second kappa shape index (κ2) is 6.24. The Bertz CT molecular complexity index is 661. The van der Waals surface area contributed by atoms with Gasteiger partial charge in [0, 0.05) is 0 Å². The van der Waals surface area contributed by atoms with Gasteiger partial charge in [0.05, 0.1) is 9.50 Å². The monoisotopic (exact) mass is 358 g/mol. The Morgan fingerprint density at radius 3 is 2.75 bits per heavy atom. The van der Waals surface area contributed by atoms with Gasteiger partial charge < -0.3 is 9.84 Å². The van der Waals surface area contributed by atoms with Gasteiger partial charge >= 0.3 is 5.97 Å². The van der Waals surface area contributed by atoms with Crippen molar-refractivity contribution in [3.05, 3.63) is 62.8 Å². The normalized spacial score (nSPS) is 10.3. The molecule has 3 nitrogen and oxygen atoms in total. The predicted octanol–water partition coefficient (Wildman–Crippen LogP) is 4.52. The van der Waals surface area contributed by atoms with E-state index in [-0.39, 0.29) is 22.9 Å². The fourth-order valence-electron chi connectivity index (χ4n) is 1.61. The highest BCUT2D eigenvalue weighted by molar-refractivity contribution is 9.10. The lowest BCUT2D eigenvalue weighted by Crippen LogP contribution is -2.04. The Labute approximate surface area is 128 Å². The molecule has 0 aliphatic rings. The molecule has 0 unspecified atom stereocenters. The summed E-state index contributed by atoms with van der Waals surface area (Å²) in [6.45, 7) is 0.0387. The first-order valence-electron chi connectivity index (χ1n) is 5.57. The van der Waals surface area contributed by atoms with Crippen molar-refractivity contribution in [2.75, 3.05) is 0 Å². The van der Waals surface area contributed by atoms with Gasteiger partial charge in [-0.05, 0) is 45.8 Å². The number of carboxylic acid groups (broad SMARTS) is 1. The van der Waals surface area contributed by atoms with E-state index in [4.69, 9.17) is 21.4 Å². The van der Waals surface area contributed by atoms with E-state index in [0.717, 1.165) is 0 Å². The average Bonchev–Trinajstić information content (AvgIpc) is 2.40. The number of halogens is 3. The van der Waals surface area contributed by atoms with Gasteiger partial charge in [0.25, 0.3) is 0 Å². The largest absolute Gasteiger partial charge is 0.487 e. The molecule has 2 rings (SSSR count). The van der Waals surface area contributed by atoms with E-state index in [1.807, 2.05) is 0 Å². The minimum absolute atomic E-state index is 0.0286. The number of hydrogen-bond donors (Lipinski definition) is 1. The molecule has 6 heteroatoms. The molecule has 0 fully saturated rings. The van der Waals surface area contributed by atoms with E-state index in [0.29, 0.717) is 10.0 Å². The molecule has 0 saturated heterocycles. The van der Waals surface area contributed by atoms with Gasteiger partial charge in [0.15, 0.2) is 0 Å². The highest BCUT2D eigenvalue weighted by Crippen LogP contribution is 2.30. The van der Waals surface area contributed by atoms with Gasteiger partial charge in [-0.1, -0.05) is 23.7 Å². The smallest absolute Gasteiger partial charge is 0.339 e. The molecular weight excluding hydrogens is 351 g/mol. The standard InChI is InChI=1S/C14H9BrClFO3/c15-10-3-1-2-9(14(18)19)13(10)20-7-8-4-5-11(16)12(17)6-8/h1-6H,7H2,(H,18,19). The quantitative estimate of drug-likeness (QED) is 0.873. The number of rotatable bonds is 4. The first kappa shape index (κ1) is 14.8. The van der Waals surface area contributed by atoms with Crippen LogP contribution in [-0.2, 0) is 6.61 Å². The lowest BCUT2D eigenvalue weighted by molar-refractivity contribution is 0.0691. The van der Waals surface area contributed by atoms with Crippen molar-refractivity contribution in [3.8, 4) is 5.75 Å². The highest BCUT2D eigenvalue weighted by atomic mass is 79.9. The summed E-state index contributed by atoms with van der Waals surface area (Å²) in [5, 5.41) is 9.12. The van der Waals surface area contributed by atoms with Crippen LogP contribution in [0.5, 0.6) is 5.75 Å². The number of carbonyl (C=O) groups is 1. The lowest BCUT2D eigenvalue weighted by Gasteiger charge is -2.11. The summed E-state index contributed by atoms with van der Waals surface area (Å²) in [6.07, 6.45) is 0. The molecule has 0 aliphatic carbocycles. The molecule has 0 spiro atoms. The molecule has 0 saturated carbocycles. The van der Waals surface area contributed by atoms with Crippen LogP contribution in [0.2, 0.25) is 5.02 Å². The molecule has 2 aromatic rings. The second-order valence-corrected chi connectivity index (χ2v) is 5.22. The molecule has 0 heterocycles. The van der Waals surface area contributed by atoms with E-state index in [1.165, 1.54) is 18.2 Å². The van der Waals surface area contributed by atoms with Crippen LogP contribution in [0.1, 0.15) is 15.9 Å². The Morgan fingerprint density at radius 1 is 1.35 bits per heavy atom. The van der Waals surface area contributed by atoms with Crippen LogP contribution >= 0.6 is 27.5 Å². The fraction of sp³-hybridized carbons (Fsp3) is 0.0714. The molecule has 0 aliphatic heterocycles. The van der Waals surface area contributed by atoms with Crippen LogP contribution in [0.15, 0.2) is 40.9 Å². The van der Waals surface area contributed by atoms with Crippen molar-refractivity contribution in [2.45, 2.75) is 6.61 Å². The van der Waals surface area contributed by atoms with Crippen molar-refractivity contribution < 1.29 is 19.0 Å². The molecule has 0 bridgehead atoms. The van der Waals surface area contributed by atoms with Gasteiger partial charge in [-0.3, -0.25) is 0 Å². The Morgan fingerprint density at radius 2 is 2.10 bits per heavy atom. The van der Waals surface area contributed by atoms with Crippen molar-refractivity contribution in [1.29, 1.82) is 0 Å². The van der Waals surface area contributed by atoms with Gasteiger partial charge in [-0.2, -0.15) is 0 Å². The molecule has 0 atom stereocenters. The van der Waals surface area contributed by atoms with Crippen LogP contribution in [0.4, 0.5) is 4.39 Å². The number of carboxylic acids is 1. The van der Waals surface area contributed by atoms with Crippen LogP contribution in [0.25, 0.3) is 0 Å². The minimum atomic E-state index is -1.09. The average molecular weight is 360 g/mol. The summed E-state index contributed by atoms with van der Waals surface area (Å²) in [7, 11) is 0. The Kier molecular flexibility index (Phi) is 4.62. The first-order valence-corrected chi connectivity index (χ1v) is 6.74. The Balaban J connectivity index is 2.22.